The van der Waals surface area contributed by atoms with Gasteiger partial charge in [-0.2, -0.15) is 0 Å². The molecule has 2 rings (SSSR count). The molecule has 1 aromatic rings. The van der Waals surface area contributed by atoms with Crippen LogP contribution >= 0.6 is 0 Å². The summed E-state index contributed by atoms with van der Waals surface area (Å²) in [5.74, 6) is 0.693. The van der Waals surface area contributed by atoms with Crippen molar-refractivity contribution in [3.05, 3.63) is 29.3 Å². The van der Waals surface area contributed by atoms with Crippen molar-refractivity contribution < 1.29 is 14.3 Å². The molecule has 0 saturated carbocycles. The van der Waals surface area contributed by atoms with Crippen LogP contribution in [0.4, 0.5) is 0 Å². The van der Waals surface area contributed by atoms with Gasteiger partial charge in [0.15, 0.2) is 0 Å². The van der Waals surface area contributed by atoms with Gasteiger partial charge in [-0.05, 0) is 18.4 Å². The lowest BCUT2D eigenvalue weighted by Gasteiger charge is -2.21. The third kappa shape index (κ3) is 2.35. The van der Waals surface area contributed by atoms with Gasteiger partial charge in [-0.25, -0.2) is 0 Å². The number of hydrogen-bond donors (Lipinski definition) is 0. The van der Waals surface area contributed by atoms with Crippen LogP contribution in [0.3, 0.4) is 0 Å². The van der Waals surface area contributed by atoms with E-state index in [0.717, 1.165) is 17.7 Å². The molecule has 3 heteroatoms. The molecule has 3 nitrogen and oxygen atoms in total. The first-order chi connectivity index (χ1) is 8.65. The van der Waals surface area contributed by atoms with E-state index >= 15 is 0 Å². The molecule has 1 atom stereocenters. The van der Waals surface area contributed by atoms with Crippen LogP contribution in [0.2, 0.25) is 0 Å². The second-order valence-electron chi connectivity index (χ2n) is 4.91. The van der Waals surface area contributed by atoms with Crippen LogP contribution in [-0.4, -0.2) is 19.2 Å². The van der Waals surface area contributed by atoms with Crippen molar-refractivity contribution in [1.82, 2.24) is 0 Å². The van der Waals surface area contributed by atoms with Crippen molar-refractivity contribution in [1.29, 1.82) is 0 Å². The minimum atomic E-state index is -0.238. The highest BCUT2D eigenvalue weighted by molar-refractivity contribution is 5.80. The fraction of sp³-hybridized carbons (Fsp3) is 0.533. The van der Waals surface area contributed by atoms with E-state index in [1.165, 1.54) is 5.56 Å². The zero-order valence-corrected chi connectivity index (χ0v) is 11.2. The Morgan fingerprint density at radius 2 is 2.22 bits per heavy atom. The van der Waals surface area contributed by atoms with E-state index in [1.54, 1.807) is 0 Å². The number of para-hydroxylation sites is 1. The van der Waals surface area contributed by atoms with E-state index in [-0.39, 0.29) is 17.8 Å². The fourth-order valence-corrected chi connectivity index (χ4v) is 2.48. The predicted molar refractivity (Wildman–Crippen MR) is 69.9 cm³/mol. The quantitative estimate of drug-likeness (QED) is 0.768. The molecule has 0 amide bonds. The largest absolute Gasteiger partial charge is 0.493 e. The van der Waals surface area contributed by atoms with E-state index in [1.807, 2.05) is 32.9 Å². The Morgan fingerprint density at radius 3 is 2.89 bits per heavy atom. The van der Waals surface area contributed by atoms with Gasteiger partial charge in [0.25, 0.3) is 0 Å². The molecule has 0 radical (unpaired) electrons. The summed E-state index contributed by atoms with van der Waals surface area (Å²) in [4.78, 5) is 12.1. The molecule has 1 unspecified atom stereocenters. The first kappa shape index (κ1) is 12.9. The number of fused-ring (bicyclic) bond motifs is 1. The van der Waals surface area contributed by atoms with Gasteiger partial charge in [0, 0.05) is 12.0 Å². The van der Waals surface area contributed by atoms with Crippen molar-refractivity contribution in [2.75, 3.05) is 13.2 Å². The number of ether oxygens (including phenoxy) is 2. The van der Waals surface area contributed by atoms with Gasteiger partial charge >= 0.3 is 5.97 Å². The van der Waals surface area contributed by atoms with E-state index in [0.29, 0.717) is 13.2 Å². The minimum Gasteiger partial charge on any atom is -0.493 e. The summed E-state index contributed by atoms with van der Waals surface area (Å²) in [6.07, 6.45) is 0.927. The van der Waals surface area contributed by atoms with Gasteiger partial charge in [0.05, 0.1) is 19.1 Å². The maximum atomic E-state index is 12.1. The zero-order chi connectivity index (χ0) is 13.1. The van der Waals surface area contributed by atoms with Crippen LogP contribution < -0.4 is 4.74 Å². The second kappa shape index (κ2) is 5.42. The first-order valence-electron chi connectivity index (χ1n) is 6.56. The van der Waals surface area contributed by atoms with Gasteiger partial charge in [-0.15, -0.1) is 0 Å². The molecular formula is C15H20O3. The topological polar surface area (TPSA) is 35.5 Å². The lowest BCUT2D eigenvalue weighted by molar-refractivity contribution is -0.146. The summed E-state index contributed by atoms with van der Waals surface area (Å²) < 4.78 is 10.9. The molecule has 0 aromatic heterocycles. The van der Waals surface area contributed by atoms with Crippen molar-refractivity contribution >= 4 is 5.97 Å². The number of esters is 1. The summed E-state index contributed by atoms with van der Waals surface area (Å²) in [5.41, 5.74) is 2.17. The van der Waals surface area contributed by atoms with Crippen LogP contribution in [0.15, 0.2) is 18.2 Å². The molecule has 1 heterocycles. The van der Waals surface area contributed by atoms with E-state index in [4.69, 9.17) is 9.47 Å². The Morgan fingerprint density at radius 1 is 1.44 bits per heavy atom. The van der Waals surface area contributed by atoms with Crippen LogP contribution in [0.1, 0.15) is 37.8 Å². The highest BCUT2D eigenvalue weighted by Crippen LogP contribution is 2.38. The van der Waals surface area contributed by atoms with Crippen molar-refractivity contribution in [3.8, 4) is 5.75 Å². The summed E-state index contributed by atoms with van der Waals surface area (Å²) in [6, 6.07) is 6.04. The lowest BCUT2D eigenvalue weighted by Crippen LogP contribution is -2.21. The van der Waals surface area contributed by atoms with Gasteiger partial charge in [0.2, 0.25) is 0 Å². The van der Waals surface area contributed by atoms with Crippen molar-refractivity contribution in [2.45, 2.75) is 33.1 Å². The highest BCUT2D eigenvalue weighted by atomic mass is 16.5. The molecule has 18 heavy (non-hydrogen) atoms. The number of carbonyl (C=O) groups excluding carboxylic acids is 1. The summed E-state index contributed by atoms with van der Waals surface area (Å²) in [7, 11) is 0. The summed E-state index contributed by atoms with van der Waals surface area (Å²) in [5, 5.41) is 0. The molecule has 1 aliphatic heterocycles. The molecule has 1 aliphatic rings. The molecule has 0 N–H and O–H groups in total. The molecule has 98 valence electrons. The third-order valence-electron chi connectivity index (χ3n) is 3.29. The number of rotatable bonds is 4. The zero-order valence-electron chi connectivity index (χ0n) is 11.2. The molecule has 0 bridgehead atoms. The monoisotopic (exact) mass is 248 g/mol. The number of hydrogen-bond acceptors (Lipinski definition) is 3. The van der Waals surface area contributed by atoms with Crippen LogP contribution in [0, 0.1) is 5.92 Å². The Hall–Kier alpha value is -1.51. The number of benzene rings is 1. The van der Waals surface area contributed by atoms with Gasteiger partial charge in [-0.3, -0.25) is 4.79 Å². The van der Waals surface area contributed by atoms with Gasteiger partial charge in [0.1, 0.15) is 5.75 Å². The predicted octanol–water partition coefficient (Wildman–Crippen LogP) is 2.92. The normalized spacial score (nSPS) is 15.1. The SMILES string of the molecule is CCOC(=O)C(c1cccc2c1OCC2)C(C)C. The maximum Gasteiger partial charge on any atom is 0.313 e. The van der Waals surface area contributed by atoms with Crippen molar-refractivity contribution in [2.24, 2.45) is 5.92 Å². The molecule has 0 spiro atoms. The first-order valence-corrected chi connectivity index (χ1v) is 6.56. The molecular weight excluding hydrogens is 228 g/mol. The van der Waals surface area contributed by atoms with Gasteiger partial charge in [-0.1, -0.05) is 32.0 Å². The van der Waals surface area contributed by atoms with Gasteiger partial charge < -0.3 is 9.47 Å². The number of carbonyl (C=O) groups is 1. The Labute approximate surface area is 108 Å². The Bertz CT molecular complexity index is 437. The van der Waals surface area contributed by atoms with E-state index in [9.17, 15) is 4.79 Å². The Balaban J connectivity index is 2.37. The minimum absolute atomic E-state index is 0.156. The van der Waals surface area contributed by atoms with Crippen molar-refractivity contribution in [3.63, 3.8) is 0 Å². The van der Waals surface area contributed by atoms with Crippen LogP contribution in [0.5, 0.6) is 5.75 Å². The van der Waals surface area contributed by atoms with E-state index in [2.05, 4.69) is 6.07 Å². The maximum absolute atomic E-state index is 12.1. The fourth-order valence-electron chi connectivity index (χ4n) is 2.48. The molecule has 0 fully saturated rings. The molecule has 1 aromatic carbocycles. The Kier molecular flexibility index (Phi) is 3.90. The molecule has 0 aliphatic carbocycles. The summed E-state index contributed by atoms with van der Waals surface area (Å²) >= 11 is 0. The molecule has 0 saturated heterocycles. The second-order valence-corrected chi connectivity index (χ2v) is 4.91. The standard InChI is InChI=1S/C15H20O3/c1-4-17-15(16)13(10(2)3)12-7-5-6-11-8-9-18-14(11)12/h5-7,10,13H,4,8-9H2,1-3H3. The summed E-state index contributed by atoms with van der Waals surface area (Å²) in [6.45, 7) is 7.03. The average Bonchev–Trinajstić information content (AvgIpc) is 2.78. The van der Waals surface area contributed by atoms with Crippen LogP contribution in [-0.2, 0) is 16.0 Å². The van der Waals surface area contributed by atoms with E-state index < -0.39 is 0 Å². The third-order valence-corrected chi connectivity index (χ3v) is 3.29. The lowest BCUT2D eigenvalue weighted by atomic mass is 9.87. The smallest absolute Gasteiger partial charge is 0.313 e. The van der Waals surface area contributed by atoms with Crippen LogP contribution in [0.25, 0.3) is 0 Å². The average molecular weight is 248 g/mol. The highest BCUT2D eigenvalue weighted by Gasteiger charge is 2.30.